The van der Waals surface area contributed by atoms with Crippen molar-refractivity contribution in [2.45, 2.75) is 25.4 Å². The number of rotatable bonds is 4. The highest BCUT2D eigenvalue weighted by atomic mass is 35.5. The predicted octanol–water partition coefficient (Wildman–Crippen LogP) is 1.87. The molecule has 5 heteroatoms. The Morgan fingerprint density at radius 3 is 2.85 bits per heavy atom. The number of piperazine rings is 1. The van der Waals surface area contributed by atoms with Crippen LogP contribution < -0.4 is 10.2 Å². The van der Waals surface area contributed by atoms with Crippen LogP contribution in [0.15, 0.2) is 18.2 Å². The average Bonchev–Trinajstić information content (AvgIpc) is 3.24. The number of benzene rings is 1. The van der Waals surface area contributed by atoms with E-state index in [1.54, 1.807) is 4.90 Å². The van der Waals surface area contributed by atoms with Gasteiger partial charge in [0.2, 0.25) is 5.91 Å². The second-order valence-electron chi connectivity index (χ2n) is 5.64. The second kappa shape index (κ2) is 5.62. The Morgan fingerprint density at radius 1 is 1.35 bits per heavy atom. The first-order valence-corrected chi connectivity index (χ1v) is 7.52. The van der Waals surface area contributed by atoms with Gasteiger partial charge in [0.15, 0.2) is 0 Å². The number of anilines is 1. The molecule has 1 aliphatic carbocycles. The summed E-state index contributed by atoms with van der Waals surface area (Å²) in [6, 6.07) is 6.64. The number of halogens is 1. The standard InChI is InChI=1S/C15H20ClN3O/c1-18-7-8-19(10-14(18)20)15-11(3-2-4-13(15)16)9-17-12-5-6-12/h2-4,12,17H,5-10H2,1H3. The third-order valence-corrected chi connectivity index (χ3v) is 4.31. The molecule has 1 aromatic rings. The Hall–Kier alpha value is -1.26. The van der Waals surface area contributed by atoms with Gasteiger partial charge in [-0.05, 0) is 24.5 Å². The van der Waals surface area contributed by atoms with Crippen molar-refractivity contribution < 1.29 is 4.79 Å². The minimum atomic E-state index is 0.150. The van der Waals surface area contributed by atoms with E-state index < -0.39 is 0 Å². The van der Waals surface area contributed by atoms with Crippen LogP contribution in [0.25, 0.3) is 0 Å². The molecule has 4 nitrogen and oxygen atoms in total. The average molecular weight is 294 g/mol. The summed E-state index contributed by atoms with van der Waals surface area (Å²) in [5.41, 5.74) is 2.20. The van der Waals surface area contributed by atoms with Gasteiger partial charge in [0.05, 0.1) is 17.3 Å². The van der Waals surface area contributed by atoms with Crippen LogP contribution in [-0.2, 0) is 11.3 Å². The van der Waals surface area contributed by atoms with Crippen LogP contribution in [0, 0.1) is 0 Å². The summed E-state index contributed by atoms with van der Waals surface area (Å²) in [5, 5.41) is 4.25. The lowest BCUT2D eigenvalue weighted by Crippen LogP contribution is -2.49. The number of carbonyl (C=O) groups excluding carboxylic acids is 1. The van der Waals surface area contributed by atoms with Crippen molar-refractivity contribution in [1.82, 2.24) is 10.2 Å². The van der Waals surface area contributed by atoms with Crippen molar-refractivity contribution in [3.8, 4) is 0 Å². The first kappa shape index (κ1) is 13.7. The lowest BCUT2D eigenvalue weighted by Gasteiger charge is -2.35. The van der Waals surface area contributed by atoms with Crippen molar-refractivity contribution in [3.05, 3.63) is 28.8 Å². The summed E-state index contributed by atoms with van der Waals surface area (Å²) >= 11 is 6.38. The number of hydrogen-bond donors (Lipinski definition) is 1. The molecule has 3 rings (SSSR count). The first-order valence-electron chi connectivity index (χ1n) is 7.15. The van der Waals surface area contributed by atoms with E-state index in [1.807, 2.05) is 19.2 Å². The van der Waals surface area contributed by atoms with Crippen molar-refractivity contribution in [2.75, 3.05) is 31.6 Å². The van der Waals surface area contributed by atoms with E-state index in [1.165, 1.54) is 18.4 Å². The van der Waals surface area contributed by atoms with Crippen LogP contribution in [0.2, 0.25) is 5.02 Å². The van der Waals surface area contributed by atoms with Gasteiger partial charge in [0.1, 0.15) is 0 Å². The van der Waals surface area contributed by atoms with E-state index in [0.29, 0.717) is 12.6 Å². The summed E-state index contributed by atoms with van der Waals surface area (Å²) in [5.74, 6) is 0.150. The predicted molar refractivity (Wildman–Crippen MR) is 81.2 cm³/mol. The lowest BCUT2D eigenvalue weighted by molar-refractivity contribution is -0.129. The molecule has 2 aliphatic rings. The SMILES string of the molecule is CN1CCN(c2c(Cl)cccc2CNC2CC2)CC1=O. The fourth-order valence-corrected chi connectivity index (χ4v) is 2.86. The third-order valence-electron chi connectivity index (χ3n) is 4.00. The number of amides is 1. The Bertz CT molecular complexity index is 516. The van der Waals surface area contributed by atoms with Crippen molar-refractivity contribution in [2.24, 2.45) is 0 Å². The van der Waals surface area contributed by atoms with Crippen LogP contribution in [0.3, 0.4) is 0 Å². The lowest BCUT2D eigenvalue weighted by atomic mass is 10.1. The van der Waals surface area contributed by atoms with Crippen molar-refractivity contribution in [3.63, 3.8) is 0 Å². The number of hydrogen-bond acceptors (Lipinski definition) is 3. The largest absolute Gasteiger partial charge is 0.359 e. The molecular weight excluding hydrogens is 274 g/mol. The van der Waals surface area contributed by atoms with Crippen molar-refractivity contribution >= 4 is 23.2 Å². The Balaban J connectivity index is 1.81. The zero-order valence-corrected chi connectivity index (χ0v) is 12.5. The topological polar surface area (TPSA) is 35.6 Å². The van der Waals surface area contributed by atoms with E-state index in [2.05, 4.69) is 16.3 Å². The van der Waals surface area contributed by atoms with Gasteiger partial charge in [-0.25, -0.2) is 0 Å². The zero-order valence-electron chi connectivity index (χ0n) is 11.7. The quantitative estimate of drug-likeness (QED) is 0.920. The fourth-order valence-electron chi connectivity index (χ4n) is 2.55. The number of likely N-dealkylation sites (N-methyl/N-ethyl adjacent to an activating group) is 1. The van der Waals surface area contributed by atoms with Gasteiger partial charge in [-0.1, -0.05) is 23.7 Å². The van der Waals surface area contributed by atoms with Crippen LogP contribution in [0.5, 0.6) is 0 Å². The highest BCUT2D eigenvalue weighted by molar-refractivity contribution is 6.33. The second-order valence-corrected chi connectivity index (χ2v) is 6.05. The molecule has 1 aliphatic heterocycles. The summed E-state index contributed by atoms with van der Waals surface area (Å²) in [6.07, 6.45) is 2.53. The maximum atomic E-state index is 11.9. The van der Waals surface area contributed by atoms with Gasteiger partial charge in [-0.2, -0.15) is 0 Å². The van der Waals surface area contributed by atoms with Crippen LogP contribution in [0.4, 0.5) is 5.69 Å². The highest BCUT2D eigenvalue weighted by Crippen LogP contribution is 2.31. The molecule has 1 N–H and O–H groups in total. The van der Waals surface area contributed by atoms with E-state index in [0.717, 1.165) is 30.3 Å². The Labute approximate surface area is 124 Å². The molecule has 0 atom stereocenters. The van der Waals surface area contributed by atoms with Gasteiger partial charge >= 0.3 is 0 Å². The monoisotopic (exact) mass is 293 g/mol. The molecule has 2 fully saturated rings. The molecule has 1 saturated heterocycles. The number of nitrogens with one attached hydrogen (secondary N) is 1. The molecule has 0 aromatic heterocycles. The molecule has 1 heterocycles. The van der Waals surface area contributed by atoms with E-state index in [4.69, 9.17) is 11.6 Å². The van der Waals surface area contributed by atoms with Gasteiger partial charge in [-0.15, -0.1) is 0 Å². The van der Waals surface area contributed by atoms with Crippen LogP contribution in [-0.4, -0.2) is 43.5 Å². The van der Waals surface area contributed by atoms with E-state index >= 15 is 0 Å². The summed E-state index contributed by atoms with van der Waals surface area (Å²) in [4.78, 5) is 15.8. The number of nitrogens with zero attached hydrogens (tertiary/aromatic N) is 2. The van der Waals surface area contributed by atoms with Gasteiger partial charge in [0.25, 0.3) is 0 Å². The van der Waals surface area contributed by atoms with Gasteiger partial charge in [-0.3, -0.25) is 4.79 Å². The molecule has 0 unspecified atom stereocenters. The molecule has 0 radical (unpaired) electrons. The summed E-state index contributed by atoms with van der Waals surface area (Å²) in [7, 11) is 1.85. The highest BCUT2D eigenvalue weighted by Gasteiger charge is 2.25. The maximum absolute atomic E-state index is 11.9. The molecule has 0 bridgehead atoms. The normalized spacial score (nSPS) is 19.6. The van der Waals surface area contributed by atoms with Crippen LogP contribution >= 0.6 is 11.6 Å². The van der Waals surface area contributed by atoms with Crippen molar-refractivity contribution in [1.29, 1.82) is 0 Å². The summed E-state index contributed by atoms with van der Waals surface area (Å²) in [6.45, 7) is 2.82. The van der Waals surface area contributed by atoms with Gasteiger partial charge in [0, 0.05) is 32.7 Å². The molecule has 20 heavy (non-hydrogen) atoms. The smallest absolute Gasteiger partial charge is 0.241 e. The van der Waals surface area contributed by atoms with E-state index in [9.17, 15) is 4.79 Å². The van der Waals surface area contributed by atoms with Gasteiger partial charge < -0.3 is 15.1 Å². The first-order chi connectivity index (χ1) is 9.65. The molecule has 0 spiro atoms. The molecule has 1 aromatic carbocycles. The minimum absolute atomic E-state index is 0.150. The maximum Gasteiger partial charge on any atom is 0.241 e. The summed E-state index contributed by atoms with van der Waals surface area (Å²) < 4.78 is 0. The van der Waals surface area contributed by atoms with Crippen LogP contribution in [0.1, 0.15) is 18.4 Å². The molecule has 1 saturated carbocycles. The molecular formula is C15H20ClN3O. The Morgan fingerprint density at radius 2 is 2.15 bits per heavy atom. The van der Waals surface area contributed by atoms with E-state index in [-0.39, 0.29) is 5.91 Å². The Kier molecular flexibility index (Phi) is 3.85. The third kappa shape index (κ3) is 2.91. The zero-order chi connectivity index (χ0) is 14.1. The molecule has 1 amide bonds. The fraction of sp³-hybridized carbons (Fsp3) is 0.533. The molecule has 108 valence electrons. The number of carbonyl (C=O) groups is 1. The number of para-hydroxylation sites is 1. The minimum Gasteiger partial charge on any atom is -0.359 e.